The van der Waals surface area contributed by atoms with Gasteiger partial charge < -0.3 is 10.1 Å². The first-order chi connectivity index (χ1) is 6.97. The Balaban J connectivity index is 3.52. The van der Waals surface area contributed by atoms with E-state index in [1.165, 1.54) is 0 Å². The molecule has 0 spiro atoms. The Hall–Kier alpha value is -1.43. The van der Waals surface area contributed by atoms with Gasteiger partial charge in [-0.2, -0.15) is 0 Å². The molecule has 0 bridgehead atoms. The second-order valence-electron chi connectivity index (χ2n) is 2.68. The molecule has 0 atom stereocenters. The molecule has 82 valence electrons. The van der Waals surface area contributed by atoms with Crippen molar-refractivity contribution in [1.82, 2.24) is 4.98 Å². The van der Waals surface area contributed by atoms with Crippen molar-refractivity contribution in [3.05, 3.63) is 33.2 Å². The molecule has 1 aromatic heterocycles. The Kier molecular flexibility index (Phi) is 3.41. The molecule has 0 amide bonds. The lowest BCUT2D eigenvalue weighted by molar-refractivity contribution is 0.0688. The summed E-state index contributed by atoms with van der Waals surface area (Å²) in [6.07, 6.45) is -2.93. The first-order valence-electron chi connectivity index (χ1n) is 3.81. The quantitative estimate of drug-likeness (QED) is 0.787. The summed E-state index contributed by atoms with van der Waals surface area (Å²) in [5, 5.41) is 8.65. The van der Waals surface area contributed by atoms with Gasteiger partial charge in [0.25, 0.3) is 6.43 Å². The molecule has 4 nitrogen and oxygen atoms in total. The summed E-state index contributed by atoms with van der Waals surface area (Å²) in [5.74, 6) is -1.90. The van der Waals surface area contributed by atoms with Gasteiger partial charge in [-0.05, 0) is 0 Å². The molecule has 0 aliphatic rings. The van der Waals surface area contributed by atoms with Gasteiger partial charge >= 0.3 is 5.97 Å². The van der Waals surface area contributed by atoms with Gasteiger partial charge in [0.1, 0.15) is 5.69 Å². The van der Waals surface area contributed by atoms with Crippen LogP contribution in [0.2, 0.25) is 0 Å². The number of carboxylic acids is 1. The monoisotopic (exact) mass is 237 g/mol. The normalized spacial score (nSPS) is 10.7. The average Bonchev–Trinajstić information content (AvgIpc) is 2.16. The van der Waals surface area contributed by atoms with E-state index < -0.39 is 35.1 Å². The Morgan fingerprint density at radius 1 is 1.60 bits per heavy atom. The number of carboxylic acid groups (broad SMARTS) is 1. The second kappa shape index (κ2) is 4.39. The van der Waals surface area contributed by atoms with E-state index in [4.69, 9.17) is 16.7 Å². The van der Waals surface area contributed by atoms with E-state index in [1.807, 2.05) is 4.98 Å². The zero-order chi connectivity index (χ0) is 11.6. The number of aromatic amines is 1. The molecule has 0 aromatic carbocycles. The van der Waals surface area contributed by atoms with Crippen LogP contribution in [0.1, 0.15) is 28.0 Å². The average molecular weight is 238 g/mol. The Morgan fingerprint density at radius 2 is 2.20 bits per heavy atom. The van der Waals surface area contributed by atoms with E-state index >= 15 is 0 Å². The molecule has 1 rings (SSSR count). The van der Waals surface area contributed by atoms with E-state index in [-0.39, 0.29) is 5.56 Å². The van der Waals surface area contributed by atoms with Crippen molar-refractivity contribution < 1.29 is 18.7 Å². The van der Waals surface area contributed by atoms with Crippen LogP contribution < -0.4 is 5.56 Å². The number of rotatable bonds is 3. The Labute approximate surface area is 87.5 Å². The van der Waals surface area contributed by atoms with Gasteiger partial charge in [0.2, 0.25) is 5.56 Å². The molecule has 0 saturated carbocycles. The third kappa shape index (κ3) is 2.33. The van der Waals surface area contributed by atoms with Crippen LogP contribution in [0.5, 0.6) is 0 Å². The fourth-order valence-corrected chi connectivity index (χ4v) is 1.42. The summed E-state index contributed by atoms with van der Waals surface area (Å²) in [7, 11) is 0. The van der Waals surface area contributed by atoms with Crippen molar-refractivity contribution in [2.45, 2.75) is 12.3 Å². The molecule has 0 fully saturated rings. The van der Waals surface area contributed by atoms with Crippen LogP contribution in [-0.4, -0.2) is 16.1 Å². The summed E-state index contributed by atoms with van der Waals surface area (Å²) < 4.78 is 24.9. The largest absolute Gasteiger partial charge is 0.477 e. The minimum Gasteiger partial charge on any atom is -0.477 e. The minimum absolute atomic E-state index is 0.265. The highest BCUT2D eigenvalue weighted by atomic mass is 35.5. The fraction of sp³-hybridized carbons (Fsp3) is 0.250. The van der Waals surface area contributed by atoms with Gasteiger partial charge in [0.15, 0.2) is 0 Å². The van der Waals surface area contributed by atoms with E-state index in [0.717, 1.165) is 0 Å². The van der Waals surface area contributed by atoms with E-state index in [2.05, 4.69) is 0 Å². The highest BCUT2D eigenvalue weighted by molar-refractivity contribution is 6.17. The molecule has 0 radical (unpaired) electrons. The number of halogens is 3. The van der Waals surface area contributed by atoms with Crippen LogP contribution in [0.4, 0.5) is 8.78 Å². The summed E-state index contributed by atoms with van der Waals surface area (Å²) in [6.45, 7) is 0. The molecular formula is C8H6ClF2NO3. The SMILES string of the molecule is O=C(O)c1[nH]c(=O)cc(C(F)F)c1CCl. The van der Waals surface area contributed by atoms with Crippen LogP contribution in [0.15, 0.2) is 10.9 Å². The first-order valence-corrected chi connectivity index (χ1v) is 4.34. The molecule has 1 aromatic rings. The molecule has 1 heterocycles. The van der Waals surface area contributed by atoms with Gasteiger partial charge in [0, 0.05) is 17.2 Å². The Morgan fingerprint density at radius 3 is 2.60 bits per heavy atom. The standard InChI is InChI=1S/C8H6ClF2NO3/c9-2-4-3(7(10)11)1-5(13)12-6(4)8(14)15/h1,7H,2H2,(H,12,13)(H,14,15). The number of H-pyrrole nitrogens is 1. The van der Waals surface area contributed by atoms with E-state index in [9.17, 15) is 18.4 Å². The van der Waals surface area contributed by atoms with Crippen LogP contribution >= 0.6 is 11.6 Å². The lowest BCUT2D eigenvalue weighted by Gasteiger charge is -2.08. The molecule has 0 unspecified atom stereocenters. The van der Waals surface area contributed by atoms with Gasteiger partial charge in [0.05, 0.1) is 5.88 Å². The van der Waals surface area contributed by atoms with E-state index in [0.29, 0.717) is 6.07 Å². The zero-order valence-electron chi connectivity index (χ0n) is 7.26. The van der Waals surface area contributed by atoms with Gasteiger partial charge in [-0.15, -0.1) is 11.6 Å². The predicted octanol–water partition coefficient (Wildman–Crippen LogP) is 1.75. The first kappa shape index (κ1) is 11.6. The number of aromatic nitrogens is 1. The molecule has 2 N–H and O–H groups in total. The molecule has 0 aliphatic carbocycles. The van der Waals surface area contributed by atoms with Crippen molar-refractivity contribution in [2.75, 3.05) is 0 Å². The summed E-state index contributed by atoms with van der Waals surface area (Å²) in [6, 6.07) is 0.648. The van der Waals surface area contributed by atoms with Crippen LogP contribution in [0, 0.1) is 0 Å². The van der Waals surface area contributed by atoms with Crippen molar-refractivity contribution in [3.8, 4) is 0 Å². The maximum absolute atomic E-state index is 12.4. The zero-order valence-corrected chi connectivity index (χ0v) is 8.02. The smallest absolute Gasteiger partial charge is 0.352 e. The third-order valence-electron chi connectivity index (χ3n) is 1.77. The maximum Gasteiger partial charge on any atom is 0.352 e. The molecule has 0 aliphatic heterocycles. The number of pyridine rings is 1. The minimum atomic E-state index is -2.93. The second-order valence-corrected chi connectivity index (χ2v) is 2.95. The lowest BCUT2D eigenvalue weighted by atomic mass is 10.1. The molecule has 7 heteroatoms. The number of nitrogens with one attached hydrogen (secondary N) is 1. The van der Waals surface area contributed by atoms with Crippen molar-refractivity contribution >= 4 is 17.6 Å². The summed E-state index contributed by atoms with van der Waals surface area (Å²) in [4.78, 5) is 23.5. The van der Waals surface area contributed by atoms with Gasteiger partial charge in [-0.25, -0.2) is 13.6 Å². The van der Waals surface area contributed by atoms with Crippen molar-refractivity contribution in [3.63, 3.8) is 0 Å². The number of hydrogen-bond acceptors (Lipinski definition) is 2. The van der Waals surface area contributed by atoms with Crippen molar-refractivity contribution in [2.24, 2.45) is 0 Å². The van der Waals surface area contributed by atoms with E-state index in [1.54, 1.807) is 0 Å². The van der Waals surface area contributed by atoms with Crippen LogP contribution in [-0.2, 0) is 5.88 Å². The molecule has 0 saturated heterocycles. The summed E-state index contributed by atoms with van der Waals surface area (Å²) >= 11 is 5.36. The topological polar surface area (TPSA) is 70.2 Å². The maximum atomic E-state index is 12.4. The van der Waals surface area contributed by atoms with Gasteiger partial charge in [-0.1, -0.05) is 0 Å². The number of alkyl halides is 3. The van der Waals surface area contributed by atoms with Crippen LogP contribution in [0.3, 0.4) is 0 Å². The Bertz CT molecular complexity index is 444. The fourth-order valence-electron chi connectivity index (χ4n) is 1.13. The molecule has 15 heavy (non-hydrogen) atoms. The number of carbonyl (C=O) groups is 1. The number of aromatic carboxylic acids is 1. The third-order valence-corrected chi connectivity index (χ3v) is 2.03. The van der Waals surface area contributed by atoms with Gasteiger partial charge in [-0.3, -0.25) is 4.79 Å². The van der Waals surface area contributed by atoms with Crippen LogP contribution in [0.25, 0.3) is 0 Å². The molecular weight excluding hydrogens is 232 g/mol. The lowest BCUT2D eigenvalue weighted by Crippen LogP contribution is -2.17. The predicted molar refractivity (Wildman–Crippen MR) is 48.5 cm³/mol. The number of hydrogen-bond donors (Lipinski definition) is 2. The highest BCUT2D eigenvalue weighted by Crippen LogP contribution is 2.24. The van der Waals surface area contributed by atoms with Crippen molar-refractivity contribution in [1.29, 1.82) is 0 Å². The summed E-state index contributed by atoms with van der Waals surface area (Å²) in [5.41, 5.74) is -2.39. The highest BCUT2D eigenvalue weighted by Gasteiger charge is 2.20.